The van der Waals surface area contributed by atoms with Crippen molar-refractivity contribution in [3.63, 3.8) is 0 Å². The zero-order valence-electron chi connectivity index (χ0n) is 9.07. The van der Waals surface area contributed by atoms with Crippen LogP contribution in [-0.2, 0) is 0 Å². The number of benzene rings is 1. The third-order valence-corrected chi connectivity index (χ3v) is 2.97. The second-order valence-electron chi connectivity index (χ2n) is 4.26. The van der Waals surface area contributed by atoms with E-state index in [0.717, 1.165) is 19.5 Å². The summed E-state index contributed by atoms with van der Waals surface area (Å²) in [5, 5.41) is 12.5. The van der Waals surface area contributed by atoms with Crippen LogP contribution < -0.4 is 11.1 Å². The molecule has 86 valence electrons. The van der Waals surface area contributed by atoms with Gasteiger partial charge in [-0.25, -0.2) is 0 Å². The maximum atomic E-state index is 12.0. The van der Waals surface area contributed by atoms with Crippen LogP contribution in [0.5, 0.6) is 5.75 Å². The van der Waals surface area contributed by atoms with Gasteiger partial charge in [0.25, 0.3) is 0 Å². The summed E-state index contributed by atoms with van der Waals surface area (Å²) in [6, 6.07) is 4.50. The maximum Gasteiger partial charge on any atom is 0.165 e. The van der Waals surface area contributed by atoms with Crippen LogP contribution in [0.25, 0.3) is 0 Å². The van der Waals surface area contributed by atoms with Crippen LogP contribution in [0.2, 0.25) is 0 Å². The van der Waals surface area contributed by atoms with Crippen molar-refractivity contribution in [2.24, 2.45) is 5.92 Å². The Kier molecular flexibility index (Phi) is 3.10. The molecule has 1 aromatic carbocycles. The van der Waals surface area contributed by atoms with Crippen LogP contribution in [0.1, 0.15) is 23.2 Å². The van der Waals surface area contributed by atoms with E-state index < -0.39 is 0 Å². The molecule has 0 bridgehead atoms. The Labute approximate surface area is 94.5 Å². The zero-order valence-corrected chi connectivity index (χ0v) is 9.07. The van der Waals surface area contributed by atoms with Gasteiger partial charge < -0.3 is 16.2 Å². The molecule has 1 heterocycles. The van der Waals surface area contributed by atoms with Crippen LogP contribution >= 0.6 is 0 Å². The monoisotopic (exact) mass is 220 g/mol. The predicted molar refractivity (Wildman–Crippen MR) is 62.4 cm³/mol. The quantitative estimate of drug-likeness (QED) is 0.406. The molecule has 0 aliphatic carbocycles. The number of phenolic OH excluding ortho intramolecular Hbond substituents is 1. The molecule has 1 unspecified atom stereocenters. The van der Waals surface area contributed by atoms with Crippen LogP contribution in [0, 0.1) is 5.92 Å². The van der Waals surface area contributed by atoms with Gasteiger partial charge in [0, 0.05) is 17.7 Å². The Morgan fingerprint density at radius 1 is 1.56 bits per heavy atom. The Hall–Kier alpha value is -1.55. The fourth-order valence-corrected chi connectivity index (χ4v) is 2.05. The second-order valence-corrected chi connectivity index (χ2v) is 4.26. The van der Waals surface area contributed by atoms with Crippen molar-refractivity contribution >= 4 is 11.5 Å². The van der Waals surface area contributed by atoms with Crippen LogP contribution in [-0.4, -0.2) is 24.0 Å². The summed E-state index contributed by atoms with van der Waals surface area (Å²) in [5.41, 5.74) is 6.59. The molecule has 4 nitrogen and oxygen atoms in total. The predicted octanol–water partition coefficient (Wildman–Crippen LogP) is 1.16. The highest BCUT2D eigenvalue weighted by Crippen LogP contribution is 2.23. The summed E-state index contributed by atoms with van der Waals surface area (Å²) in [7, 11) is 0. The van der Waals surface area contributed by atoms with Gasteiger partial charge in [-0.05, 0) is 43.6 Å². The molecule has 0 aromatic heterocycles. The summed E-state index contributed by atoms with van der Waals surface area (Å²) < 4.78 is 0. The molecule has 16 heavy (non-hydrogen) atoms. The highest BCUT2D eigenvalue weighted by molar-refractivity contribution is 6.01. The van der Waals surface area contributed by atoms with E-state index in [2.05, 4.69) is 5.32 Å². The summed E-state index contributed by atoms with van der Waals surface area (Å²) in [6.45, 7) is 1.87. The third kappa shape index (κ3) is 2.33. The van der Waals surface area contributed by atoms with E-state index in [-0.39, 0.29) is 11.5 Å². The minimum Gasteiger partial charge on any atom is -0.508 e. The number of phenols is 1. The molecule has 1 aliphatic rings. The number of nitrogens with two attached hydrogens (primary N) is 1. The average molecular weight is 220 g/mol. The van der Waals surface area contributed by atoms with E-state index in [1.54, 1.807) is 6.07 Å². The van der Waals surface area contributed by atoms with E-state index in [9.17, 15) is 9.90 Å². The zero-order chi connectivity index (χ0) is 11.5. The Bertz CT molecular complexity index is 398. The van der Waals surface area contributed by atoms with Crippen molar-refractivity contribution in [2.75, 3.05) is 18.8 Å². The van der Waals surface area contributed by atoms with Crippen molar-refractivity contribution in [1.29, 1.82) is 0 Å². The van der Waals surface area contributed by atoms with E-state index in [0.29, 0.717) is 23.6 Å². The van der Waals surface area contributed by atoms with Gasteiger partial charge >= 0.3 is 0 Å². The number of nitrogens with one attached hydrogen (secondary N) is 1. The normalized spacial score (nSPS) is 19.9. The van der Waals surface area contributed by atoms with E-state index in [1.807, 2.05) is 0 Å². The number of Topliss-reactive ketones (excluding diaryl/α,β-unsaturated/α-hetero) is 1. The standard InChI is InChI=1S/C12H16N2O2/c13-11-2-1-9(15)6-10(11)12(16)5-8-3-4-14-7-8/h1-2,6,8,14-15H,3-5,7,13H2. The van der Waals surface area contributed by atoms with Gasteiger partial charge in [0.15, 0.2) is 5.78 Å². The van der Waals surface area contributed by atoms with Gasteiger partial charge in [0.05, 0.1) is 0 Å². The molecule has 0 radical (unpaired) electrons. The molecule has 1 aromatic rings. The van der Waals surface area contributed by atoms with E-state index in [4.69, 9.17) is 5.73 Å². The molecular weight excluding hydrogens is 204 g/mol. The number of carbonyl (C=O) groups excluding carboxylic acids is 1. The van der Waals surface area contributed by atoms with Crippen LogP contribution in [0.4, 0.5) is 5.69 Å². The lowest BCUT2D eigenvalue weighted by molar-refractivity contribution is 0.0965. The Morgan fingerprint density at radius 2 is 2.38 bits per heavy atom. The second kappa shape index (κ2) is 4.53. The van der Waals surface area contributed by atoms with Crippen molar-refractivity contribution < 1.29 is 9.90 Å². The first-order chi connectivity index (χ1) is 7.66. The van der Waals surface area contributed by atoms with Gasteiger partial charge in [-0.1, -0.05) is 0 Å². The number of rotatable bonds is 3. The lowest BCUT2D eigenvalue weighted by Gasteiger charge is -2.09. The van der Waals surface area contributed by atoms with Crippen molar-refractivity contribution in [2.45, 2.75) is 12.8 Å². The lowest BCUT2D eigenvalue weighted by Crippen LogP contribution is -2.13. The molecule has 1 aliphatic heterocycles. The summed E-state index contributed by atoms with van der Waals surface area (Å²) >= 11 is 0. The number of carbonyl (C=O) groups is 1. The fourth-order valence-electron chi connectivity index (χ4n) is 2.05. The van der Waals surface area contributed by atoms with Crippen molar-refractivity contribution in [3.05, 3.63) is 23.8 Å². The number of nitrogen functional groups attached to an aromatic ring is 1. The summed E-state index contributed by atoms with van der Waals surface area (Å²) in [5.74, 6) is 0.499. The number of hydrogen-bond acceptors (Lipinski definition) is 4. The van der Waals surface area contributed by atoms with Crippen LogP contribution in [0.15, 0.2) is 18.2 Å². The van der Waals surface area contributed by atoms with Gasteiger partial charge in [-0.3, -0.25) is 4.79 Å². The molecule has 1 saturated heterocycles. The van der Waals surface area contributed by atoms with Gasteiger partial charge in [-0.15, -0.1) is 0 Å². The molecule has 4 N–H and O–H groups in total. The van der Waals surface area contributed by atoms with E-state index in [1.165, 1.54) is 12.1 Å². The highest BCUT2D eigenvalue weighted by atomic mass is 16.3. The SMILES string of the molecule is Nc1ccc(O)cc1C(=O)CC1CCNC1. The number of aromatic hydroxyl groups is 1. The molecular formula is C12H16N2O2. The average Bonchev–Trinajstić information content (AvgIpc) is 2.74. The van der Waals surface area contributed by atoms with Crippen molar-refractivity contribution in [1.82, 2.24) is 5.32 Å². The topological polar surface area (TPSA) is 75.3 Å². The number of hydrogen-bond donors (Lipinski definition) is 3. The highest BCUT2D eigenvalue weighted by Gasteiger charge is 2.20. The largest absolute Gasteiger partial charge is 0.508 e. The minimum absolute atomic E-state index is 0.0158. The molecule has 1 fully saturated rings. The number of ketones is 1. The molecule has 0 spiro atoms. The maximum absolute atomic E-state index is 12.0. The first-order valence-electron chi connectivity index (χ1n) is 5.49. The molecule has 0 saturated carbocycles. The van der Waals surface area contributed by atoms with Gasteiger partial charge in [0.1, 0.15) is 5.75 Å². The van der Waals surface area contributed by atoms with Gasteiger partial charge in [-0.2, -0.15) is 0 Å². The number of anilines is 1. The molecule has 0 amide bonds. The van der Waals surface area contributed by atoms with Gasteiger partial charge in [0.2, 0.25) is 0 Å². The fraction of sp³-hybridized carbons (Fsp3) is 0.417. The molecule has 4 heteroatoms. The molecule has 2 rings (SSSR count). The lowest BCUT2D eigenvalue weighted by atomic mass is 9.96. The first kappa shape index (κ1) is 11.0. The Balaban J connectivity index is 2.10. The molecule has 1 atom stereocenters. The summed E-state index contributed by atoms with van der Waals surface area (Å²) in [6.07, 6.45) is 1.53. The first-order valence-corrected chi connectivity index (χ1v) is 5.49. The Morgan fingerprint density at radius 3 is 3.06 bits per heavy atom. The minimum atomic E-state index is 0.0158. The van der Waals surface area contributed by atoms with Crippen LogP contribution in [0.3, 0.4) is 0 Å². The van der Waals surface area contributed by atoms with Crippen molar-refractivity contribution in [3.8, 4) is 5.75 Å². The third-order valence-electron chi connectivity index (χ3n) is 2.97. The smallest absolute Gasteiger partial charge is 0.165 e. The summed E-state index contributed by atoms with van der Waals surface area (Å²) in [4.78, 5) is 12.0. The van der Waals surface area contributed by atoms with E-state index >= 15 is 0 Å².